The molecule has 0 fully saturated rings. The number of hydrogen-bond donors (Lipinski definition) is 2. The van der Waals surface area contributed by atoms with Gasteiger partial charge in [0.15, 0.2) is 0 Å². The monoisotopic (exact) mass is 447 g/mol. The van der Waals surface area contributed by atoms with Crippen LogP contribution in [0, 0.1) is 6.92 Å². The Balaban J connectivity index is 1.89. The van der Waals surface area contributed by atoms with Gasteiger partial charge in [0.25, 0.3) is 5.91 Å². The van der Waals surface area contributed by atoms with Crippen LogP contribution in [0.4, 0.5) is 0 Å². The summed E-state index contributed by atoms with van der Waals surface area (Å²) in [7, 11) is 3.79. The number of aliphatic hydroxyl groups excluding tert-OH is 1. The summed E-state index contributed by atoms with van der Waals surface area (Å²) >= 11 is 7.31. The standard InChI is InChI=1S/C22H26ClN3O3S/c1-13(12-27)25(3)11-18-14(2)19-21(30-18)20(28)17(10-26(19)4)22(29)24-9-15-5-7-16(23)8-6-15/h5-8,10,13,27H,9,11-12H2,1-4H3,(H,24,29). The molecule has 6 nitrogen and oxygen atoms in total. The van der Waals surface area contributed by atoms with E-state index in [1.807, 2.05) is 49.5 Å². The third-order valence-electron chi connectivity index (χ3n) is 5.36. The molecule has 0 aliphatic carbocycles. The third-order valence-corrected chi connectivity index (χ3v) is 6.88. The molecule has 0 spiro atoms. The Bertz CT molecular complexity index is 1120. The first-order valence-corrected chi connectivity index (χ1v) is 10.9. The van der Waals surface area contributed by atoms with Crippen molar-refractivity contribution < 1.29 is 9.90 Å². The normalized spacial score (nSPS) is 12.5. The summed E-state index contributed by atoms with van der Waals surface area (Å²) in [5.41, 5.74) is 2.65. The molecular weight excluding hydrogens is 422 g/mol. The van der Waals surface area contributed by atoms with Gasteiger partial charge in [-0.1, -0.05) is 23.7 Å². The highest BCUT2D eigenvalue weighted by atomic mass is 35.5. The van der Waals surface area contributed by atoms with Gasteiger partial charge in [-0.2, -0.15) is 0 Å². The van der Waals surface area contributed by atoms with Crippen molar-refractivity contribution in [1.29, 1.82) is 0 Å². The van der Waals surface area contributed by atoms with Crippen LogP contribution < -0.4 is 10.7 Å². The molecule has 0 saturated heterocycles. The molecular formula is C22H26ClN3O3S. The Morgan fingerprint density at radius 2 is 2.00 bits per heavy atom. The van der Waals surface area contributed by atoms with Gasteiger partial charge in [-0.05, 0) is 44.2 Å². The number of aryl methyl sites for hydroxylation is 2. The van der Waals surface area contributed by atoms with Crippen LogP contribution in [-0.4, -0.2) is 40.2 Å². The lowest BCUT2D eigenvalue weighted by Gasteiger charge is -2.22. The van der Waals surface area contributed by atoms with E-state index in [-0.39, 0.29) is 23.6 Å². The fourth-order valence-corrected chi connectivity index (χ4v) is 4.77. The van der Waals surface area contributed by atoms with Crippen molar-refractivity contribution in [2.45, 2.75) is 33.0 Å². The molecule has 0 aliphatic heterocycles. The summed E-state index contributed by atoms with van der Waals surface area (Å²) in [6, 6.07) is 7.22. The maximum absolute atomic E-state index is 13.1. The van der Waals surface area contributed by atoms with Crippen LogP contribution in [0.1, 0.15) is 33.3 Å². The molecule has 2 aromatic heterocycles. The number of nitrogens with zero attached hydrogens (tertiary/aromatic N) is 2. The fraction of sp³-hybridized carbons (Fsp3) is 0.364. The summed E-state index contributed by atoms with van der Waals surface area (Å²) in [5.74, 6) is -0.397. The highest BCUT2D eigenvalue weighted by Crippen LogP contribution is 2.30. The molecule has 160 valence electrons. The van der Waals surface area contributed by atoms with Crippen molar-refractivity contribution in [3.63, 3.8) is 0 Å². The van der Waals surface area contributed by atoms with E-state index >= 15 is 0 Å². The SMILES string of the molecule is Cc1c(CN(C)C(C)CO)sc2c(=O)c(C(=O)NCc3ccc(Cl)cc3)cn(C)c12. The van der Waals surface area contributed by atoms with Crippen LogP contribution in [0.3, 0.4) is 0 Å². The maximum atomic E-state index is 13.1. The molecule has 8 heteroatoms. The zero-order valence-corrected chi connectivity index (χ0v) is 19.1. The lowest BCUT2D eigenvalue weighted by atomic mass is 10.1. The number of halogens is 1. The van der Waals surface area contributed by atoms with Crippen LogP contribution in [0.25, 0.3) is 10.2 Å². The molecule has 30 heavy (non-hydrogen) atoms. The Morgan fingerprint density at radius 1 is 1.33 bits per heavy atom. The average molecular weight is 448 g/mol. The van der Waals surface area contributed by atoms with Crippen molar-refractivity contribution in [3.8, 4) is 0 Å². The molecule has 3 aromatic rings. The minimum atomic E-state index is -0.397. The van der Waals surface area contributed by atoms with Gasteiger partial charge >= 0.3 is 0 Å². The number of rotatable bonds is 7. The Morgan fingerprint density at radius 3 is 2.63 bits per heavy atom. The zero-order valence-electron chi connectivity index (χ0n) is 17.5. The Labute approximate surface area is 184 Å². The minimum Gasteiger partial charge on any atom is -0.395 e. The molecule has 0 radical (unpaired) electrons. The quantitative estimate of drug-likeness (QED) is 0.582. The van der Waals surface area contributed by atoms with Gasteiger partial charge in [0.05, 0.1) is 16.8 Å². The summed E-state index contributed by atoms with van der Waals surface area (Å²) in [4.78, 5) is 28.9. The first-order valence-electron chi connectivity index (χ1n) is 9.68. The van der Waals surface area contributed by atoms with Gasteiger partial charge in [-0.15, -0.1) is 11.3 Å². The zero-order chi connectivity index (χ0) is 22.0. The van der Waals surface area contributed by atoms with Gasteiger partial charge in [-0.25, -0.2) is 0 Å². The van der Waals surface area contributed by atoms with E-state index < -0.39 is 5.91 Å². The third kappa shape index (κ3) is 4.59. The molecule has 1 unspecified atom stereocenters. The topological polar surface area (TPSA) is 74.6 Å². The van der Waals surface area contributed by atoms with Crippen molar-refractivity contribution in [2.75, 3.05) is 13.7 Å². The number of fused-ring (bicyclic) bond motifs is 1. The molecule has 2 heterocycles. The van der Waals surface area contributed by atoms with Gasteiger partial charge in [-0.3, -0.25) is 14.5 Å². The van der Waals surface area contributed by atoms with Crippen molar-refractivity contribution >= 4 is 39.1 Å². The number of aliphatic hydroxyl groups is 1. The molecule has 1 atom stereocenters. The fourth-order valence-electron chi connectivity index (χ4n) is 3.28. The van der Waals surface area contributed by atoms with Crippen LogP contribution in [0.15, 0.2) is 35.3 Å². The van der Waals surface area contributed by atoms with Gasteiger partial charge in [0.1, 0.15) is 5.56 Å². The van der Waals surface area contributed by atoms with E-state index in [0.717, 1.165) is 21.5 Å². The number of nitrogens with one attached hydrogen (secondary N) is 1. The van der Waals surface area contributed by atoms with Crippen LogP contribution in [0.2, 0.25) is 5.02 Å². The molecule has 0 aliphatic rings. The highest BCUT2D eigenvalue weighted by molar-refractivity contribution is 7.19. The van der Waals surface area contributed by atoms with Gasteiger partial charge in [0, 0.05) is 42.3 Å². The molecule has 2 N–H and O–H groups in total. The van der Waals surface area contributed by atoms with E-state index in [1.165, 1.54) is 11.3 Å². The van der Waals surface area contributed by atoms with Crippen molar-refractivity contribution in [1.82, 2.24) is 14.8 Å². The second-order valence-corrected chi connectivity index (χ2v) is 9.11. The lowest BCUT2D eigenvalue weighted by molar-refractivity contribution is 0.0949. The lowest BCUT2D eigenvalue weighted by Crippen LogP contribution is -2.31. The van der Waals surface area contributed by atoms with Crippen molar-refractivity contribution in [2.24, 2.45) is 7.05 Å². The van der Waals surface area contributed by atoms with Gasteiger partial charge in [0.2, 0.25) is 5.43 Å². The van der Waals surface area contributed by atoms with E-state index in [4.69, 9.17) is 11.6 Å². The Hall–Kier alpha value is -2.19. The van der Waals surface area contributed by atoms with E-state index in [0.29, 0.717) is 22.8 Å². The summed E-state index contributed by atoms with van der Waals surface area (Å²) in [6.45, 7) is 4.95. The summed E-state index contributed by atoms with van der Waals surface area (Å²) in [6.07, 6.45) is 1.60. The maximum Gasteiger partial charge on any atom is 0.257 e. The number of amides is 1. The van der Waals surface area contributed by atoms with Crippen LogP contribution in [-0.2, 0) is 20.1 Å². The Kier molecular flexibility index (Phi) is 6.98. The molecule has 0 bridgehead atoms. The second-order valence-electron chi connectivity index (χ2n) is 7.57. The number of thiophene rings is 1. The number of pyridine rings is 1. The van der Waals surface area contributed by atoms with Gasteiger partial charge < -0.3 is 15.0 Å². The number of benzene rings is 1. The number of likely N-dealkylation sites (N-methyl/N-ethyl adjacent to an activating group) is 1. The first-order chi connectivity index (χ1) is 14.2. The van der Waals surface area contributed by atoms with E-state index in [2.05, 4.69) is 5.32 Å². The largest absolute Gasteiger partial charge is 0.395 e. The minimum absolute atomic E-state index is 0.0179. The summed E-state index contributed by atoms with van der Waals surface area (Å²) < 4.78 is 2.42. The first kappa shape index (κ1) is 22.5. The molecule has 0 saturated carbocycles. The number of carbonyl (C=O) groups excluding carboxylic acids is 1. The predicted octanol–water partition coefficient (Wildman–Crippen LogP) is 3.30. The predicted molar refractivity (Wildman–Crippen MR) is 122 cm³/mol. The highest BCUT2D eigenvalue weighted by Gasteiger charge is 2.20. The van der Waals surface area contributed by atoms with E-state index in [1.54, 1.807) is 18.3 Å². The molecule has 3 rings (SSSR count). The summed E-state index contributed by atoms with van der Waals surface area (Å²) in [5, 5.41) is 12.8. The number of aromatic nitrogens is 1. The number of carbonyl (C=O) groups is 1. The molecule has 1 amide bonds. The number of hydrogen-bond acceptors (Lipinski definition) is 5. The van der Waals surface area contributed by atoms with Crippen LogP contribution in [0.5, 0.6) is 0 Å². The average Bonchev–Trinajstić information content (AvgIpc) is 3.06. The second kappa shape index (κ2) is 9.31. The van der Waals surface area contributed by atoms with Crippen molar-refractivity contribution in [3.05, 3.63) is 67.3 Å². The molecule has 1 aromatic carbocycles. The van der Waals surface area contributed by atoms with Crippen LogP contribution >= 0.6 is 22.9 Å². The smallest absolute Gasteiger partial charge is 0.257 e. The van der Waals surface area contributed by atoms with E-state index in [9.17, 15) is 14.7 Å².